The van der Waals surface area contributed by atoms with Crippen LogP contribution in [0.3, 0.4) is 0 Å². The van der Waals surface area contributed by atoms with Crippen molar-refractivity contribution in [3.8, 4) is 10.6 Å². The minimum Gasteiger partial charge on any atom is -0.309 e. The summed E-state index contributed by atoms with van der Waals surface area (Å²) in [5.41, 5.74) is 0.863. The van der Waals surface area contributed by atoms with Gasteiger partial charge in [0.2, 0.25) is 0 Å². The summed E-state index contributed by atoms with van der Waals surface area (Å²) in [5, 5.41) is 5.61. The number of nitrogens with one attached hydrogen (secondary N) is 1. The van der Waals surface area contributed by atoms with E-state index in [1.807, 2.05) is 5.38 Å². The summed E-state index contributed by atoms with van der Waals surface area (Å²) in [4.78, 5) is 4.36. The van der Waals surface area contributed by atoms with Crippen LogP contribution in [0.15, 0.2) is 23.6 Å². The van der Waals surface area contributed by atoms with Crippen molar-refractivity contribution < 1.29 is 8.78 Å². The fourth-order valence-corrected chi connectivity index (χ4v) is 3.12. The Labute approximate surface area is 108 Å². The molecule has 2 heterocycles. The minimum absolute atomic E-state index is 0.0215. The van der Waals surface area contributed by atoms with Gasteiger partial charge in [-0.15, -0.1) is 11.3 Å². The number of nitrogens with zero attached hydrogens (tertiary/aromatic N) is 1. The van der Waals surface area contributed by atoms with Crippen LogP contribution in [0.1, 0.15) is 24.6 Å². The van der Waals surface area contributed by atoms with Gasteiger partial charge in [0.05, 0.1) is 17.3 Å². The first-order valence-corrected chi connectivity index (χ1v) is 6.77. The Hall–Kier alpha value is -1.33. The molecule has 0 saturated carbocycles. The molecule has 18 heavy (non-hydrogen) atoms. The van der Waals surface area contributed by atoms with Crippen molar-refractivity contribution in [3.05, 3.63) is 40.9 Å². The third kappa shape index (κ3) is 2.04. The largest absolute Gasteiger partial charge is 0.309 e. The highest BCUT2D eigenvalue weighted by molar-refractivity contribution is 7.13. The SMILES string of the molecule is Fc1cccc(F)c1-c1nc(C2CCCN2)cs1. The lowest BCUT2D eigenvalue weighted by Crippen LogP contribution is -2.12. The third-order valence-corrected chi connectivity index (χ3v) is 3.99. The molecule has 0 bridgehead atoms. The molecule has 1 aliphatic rings. The first kappa shape index (κ1) is 11.7. The predicted octanol–water partition coefficient (Wildman–Crippen LogP) is 3.51. The van der Waals surface area contributed by atoms with Gasteiger partial charge in [0.15, 0.2) is 0 Å². The number of thiazole rings is 1. The molecule has 0 aliphatic carbocycles. The van der Waals surface area contributed by atoms with Crippen LogP contribution in [-0.2, 0) is 0 Å². The quantitative estimate of drug-likeness (QED) is 0.899. The molecule has 0 radical (unpaired) electrons. The highest BCUT2D eigenvalue weighted by Crippen LogP contribution is 2.32. The first-order valence-electron chi connectivity index (χ1n) is 5.89. The zero-order valence-electron chi connectivity index (χ0n) is 9.62. The molecule has 1 unspecified atom stereocenters. The highest BCUT2D eigenvalue weighted by atomic mass is 32.1. The van der Waals surface area contributed by atoms with E-state index in [-0.39, 0.29) is 11.6 Å². The first-order chi connectivity index (χ1) is 8.75. The second kappa shape index (κ2) is 4.74. The topological polar surface area (TPSA) is 24.9 Å². The molecule has 0 amide bonds. The predicted molar refractivity (Wildman–Crippen MR) is 67.4 cm³/mol. The zero-order chi connectivity index (χ0) is 12.5. The van der Waals surface area contributed by atoms with E-state index in [1.165, 1.54) is 29.5 Å². The van der Waals surface area contributed by atoms with Crippen molar-refractivity contribution in [2.45, 2.75) is 18.9 Å². The Morgan fingerprint density at radius 2 is 2.06 bits per heavy atom. The molecule has 0 spiro atoms. The maximum Gasteiger partial charge on any atom is 0.136 e. The van der Waals surface area contributed by atoms with E-state index in [0.717, 1.165) is 25.1 Å². The molecule has 1 N–H and O–H groups in total. The normalized spacial score (nSPS) is 19.3. The summed E-state index contributed by atoms with van der Waals surface area (Å²) in [5.74, 6) is -1.12. The lowest BCUT2D eigenvalue weighted by atomic mass is 10.2. The van der Waals surface area contributed by atoms with E-state index in [4.69, 9.17) is 0 Å². The monoisotopic (exact) mass is 266 g/mol. The smallest absolute Gasteiger partial charge is 0.136 e. The Balaban J connectivity index is 1.97. The van der Waals surface area contributed by atoms with Crippen LogP contribution in [0.5, 0.6) is 0 Å². The zero-order valence-corrected chi connectivity index (χ0v) is 10.4. The van der Waals surface area contributed by atoms with Crippen LogP contribution >= 0.6 is 11.3 Å². The van der Waals surface area contributed by atoms with Crippen molar-refractivity contribution in [2.24, 2.45) is 0 Å². The number of aromatic nitrogens is 1. The Bertz CT molecular complexity index is 542. The average molecular weight is 266 g/mol. The summed E-state index contributed by atoms with van der Waals surface area (Å²) < 4.78 is 27.3. The van der Waals surface area contributed by atoms with Crippen LogP contribution in [-0.4, -0.2) is 11.5 Å². The molecule has 3 rings (SSSR count). The van der Waals surface area contributed by atoms with E-state index in [2.05, 4.69) is 10.3 Å². The van der Waals surface area contributed by atoms with Gasteiger partial charge in [-0.2, -0.15) is 0 Å². The number of benzene rings is 1. The van der Waals surface area contributed by atoms with Gasteiger partial charge in [0, 0.05) is 5.38 Å². The fraction of sp³-hybridized carbons (Fsp3) is 0.308. The van der Waals surface area contributed by atoms with E-state index in [0.29, 0.717) is 5.01 Å². The lowest BCUT2D eigenvalue weighted by Gasteiger charge is -2.05. The molecular weight excluding hydrogens is 254 g/mol. The standard InChI is InChI=1S/C13H12F2N2S/c14-8-3-1-4-9(15)12(8)13-17-11(7-18-13)10-5-2-6-16-10/h1,3-4,7,10,16H,2,5-6H2. The number of hydrogen-bond acceptors (Lipinski definition) is 3. The average Bonchev–Trinajstić information content (AvgIpc) is 2.99. The van der Waals surface area contributed by atoms with E-state index >= 15 is 0 Å². The molecule has 1 fully saturated rings. The summed E-state index contributed by atoms with van der Waals surface area (Å²) in [7, 11) is 0. The molecule has 94 valence electrons. The van der Waals surface area contributed by atoms with E-state index in [9.17, 15) is 8.78 Å². The molecule has 2 nitrogen and oxygen atoms in total. The molecule has 1 saturated heterocycles. The van der Waals surface area contributed by atoms with Crippen molar-refractivity contribution >= 4 is 11.3 Å². The van der Waals surface area contributed by atoms with Gasteiger partial charge in [-0.25, -0.2) is 13.8 Å². The Morgan fingerprint density at radius 3 is 2.72 bits per heavy atom. The molecule has 5 heteroatoms. The van der Waals surface area contributed by atoms with E-state index in [1.54, 1.807) is 0 Å². The van der Waals surface area contributed by atoms with Gasteiger partial charge in [0.1, 0.15) is 16.6 Å². The molecule has 1 aliphatic heterocycles. The van der Waals surface area contributed by atoms with Gasteiger partial charge < -0.3 is 5.32 Å². The van der Waals surface area contributed by atoms with Gasteiger partial charge in [-0.1, -0.05) is 6.07 Å². The van der Waals surface area contributed by atoms with Gasteiger partial charge >= 0.3 is 0 Å². The summed E-state index contributed by atoms with van der Waals surface area (Å²) in [6, 6.07) is 4.10. The second-order valence-electron chi connectivity index (χ2n) is 4.32. The number of halogens is 2. The Kier molecular flexibility index (Phi) is 3.09. The van der Waals surface area contributed by atoms with Crippen molar-refractivity contribution in [3.63, 3.8) is 0 Å². The molecule has 2 aromatic rings. The van der Waals surface area contributed by atoms with Gasteiger partial charge in [-0.05, 0) is 31.5 Å². The van der Waals surface area contributed by atoms with Crippen molar-refractivity contribution in [2.75, 3.05) is 6.54 Å². The fourth-order valence-electron chi connectivity index (χ4n) is 2.20. The van der Waals surface area contributed by atoms with Crippen LogP contribution in [0.25, 0.3) is 10.6 Å². The van der Waals surface area contributed by atoms with E-state index < -0.39 is 11.6 Å². The van der Waals surface area contributed by atoms with Gasteiger partial charge in [0.25, 0.3) is 0 Å². The van der Waals surface area contributed by atoms with Crippen LogP contribution in [0.4, 0.5) is 8.78 Å². The summed E-state index contributed by atoms with van der Waals surface area (Å²) >= 11 is 1.29. The van der Waals surface area contributed by atoms with Crippen molar-refractivity contribution in [1.82, 2.24) is 10.3 Å². The lowest BCUT2D eigenvalue weighted by molar-refractivity contribution is 0.588. The Morgan fingerprint density at radius 1 is 1.28 bits per heavy atom. The van der Waals surface area contributed by atoms with Crippen LogP contribution in [0, 0.1) is 11.6 Å². The molecular formula is C13H12F2N2S. The molecule has 1 aromatic heterocycles. The van der Waals surface area contributed by atoms with Crippen molar-refractivity contribution in [1.29, 1.82) is 0 Å². The maximum atomic E-state index is 13.6. The minimum atomic E-state index is -0.560. The molecule has 1 atom stereocenters. The number of rotatable bonds is 2. The maximum absolute atomic E-state index is 13.6. The third-order valence-electron chi connectivity index (χ3n) is 3.12. The van der Waals surface area contributed by atoms with Crippen LogP contribution < -0.4 is 5.32 Å². The molecule has 1 aromatic carbocycles. The summed E-state index contributed by atoms with van der Waals surface area (Å²) in [6.45, 7) is 0.978. The van der Waals surface area contributed by atoms with Gasteiger partial charge in [-0.3, -0.25) is 0 Å². The summed E-state index contributed by atoms with van der Waals surface area (Å²) in [6.07, 6.45) is 2.15. The van der Waals surface area contributed by atoms with Crippen LogP contribution in [0.2, 0.25) is 0 Å². The number of hydrogen-bond donors (Lipinski definition) is 1. The highest BCUT2D eigenvalue weighted by Gasteiger charge is 2.21. The second-order valence-corrected chi connectivity index (χ2v) is 5.18.